The van der Waals surface area contributed by atoms with Crippen molar-refractivity contribution in [1.29, 1.82) is 0 Å². The summed E-state index contributed by atoms with van der Waals surface area (Å²) in [5, 5.41) is 0. The highest BCUT2D eigenvalue weighted by Gasteiger charge is 2.46. The molecule has 1 saturated carbocycles. The van der Waals surface area contributed by atoms with E-state index >= 15 is 0 Å². The molecule has 100 valence electrons. The van der Waals surface area contributed by atoms with Gasteiger partial charge in [0.15, 0.2) is 0 Å². The van der Waals surface area contributed by atoms with Crippen LogP contribution in [0.25, 0.3) is 0 Å². The summed E-state index contributed by atoms with van der Waals surface area (Å²) in [6, 6.07) is 0.131. The van der Waals surface area contributed by atoms with E-state index in [1.54, 1.807) is 0 Å². The number of ether oxygens (including phenoxy) is 2. The zero-order valence-corrected chi connectivity index (χ0v) is 11.5. The zero-order chi connectivity index (χ0) is 12.5. The molecule has 0 radical (unpaired) electrons. The minimum Gasteiger partial charge on any atom is -0.381 e. The third-order valence-corrected chi connectivity index (χ3v) is 4.94. The van der Waals surface area contributed by atoms with Crippen LogP contribution in [0, 0.1) is 11.3 Å². The number of hydrogen-bond donors (Lipinski definition) is 1. The van der Waals surface area contributed by atoms with Gasteiger partial charge in [0.2, 0.25) is 0 Å². The van der Waals surface area contributed by atoms with Crippen LogP contribution >= 0.6 is 0 Å². The van der Waals surface area contributed by atoms with E-state index in [4.69, 9.17) is 15.2 Å². The predicted octanol–water partition coefficient (Wildman–Crippen LogP) is 2.34. The Morgan fingerprint density at radius 1 is 1.24 bits per heavy atom. The molecule has 3 heteroatoms. The summed E-state index contributed by atoms with van der Waals surface area (Å²) in [7, 11) is 1.83. The first kappa shape index (κ1) is 13.3. The standard InChI is InChI=1S/C14H27NO2/c1-13(2)5-7-14(16-3,8-6-13)12(15)11-4-9-17-10-11/h11-12H,4-10,15H2,1-3H3. The van der Waals surface area contributed by atoms with E-state index in [-0.39, 0.29) is 11.6 Å². The third kappa shape index (κ3) is 2.67. The van der Waals surface area contributed by atoms with Gasteiger partial charge in [-0.15, -0.1) is 0 Å². The molecular formula is C14H27NO2. The Morgan fingerprint density at radius 3 is 2.35 bits per heavy atom. The van der Waals surface area contributed by atoms with Crippen LogP contribution in [-0.2, 0) is 9.47 Å². The predicted molar refractivity (Wildman–Crippen MR) is 68.9 cm³/mol. The molecule has 17 heavy (non-hydrogen) atoms. The molecule has 2 unspecified atom stereocenters. The Kier molecular flexibility index (Phi) is 3.81. The Bertz CT molecular complexity index is 249. The maximum Gasteiger partial charge on any atom is 0.0832 e. The van der Waals surface area contributed by atoms with Gasteiger partial charge in [-0.05, 0) is 37.5 Å². The van der Waals surface area contributed by atoms with Crippen LogP contribution in [0.15, 0.2) is 0 Å². The first-order chi connectivity index (χ1) is 7.99. The Hall–Kier alpha value is -0.120. The van der Waals surface area contributed by atoms with Gasteiger partial charge >= 0.3 is 0 Å². The van der Waals surface area contributed by atoms with Crippen LogP contribution < -0.4 is 5.73 Å². The second-order valence-electron chi connectivity index (χ2n) is 6.58. The quantitative estimate of drug-likeness (QED) is 0.825. The third-order valence-electron chi connectivity index (χ3n) is 4.94. The summed E-state index contributed by atoms with van der Waals surface area (Å²) in [5.41, 5.74) is 6.83. The lowest BCUT2D eigenvalue weighted by molar-refractivity contribution is -0.0899. The maximum absolute atomic E-state index is 6.48. The molecule has 2 fully saturated rings. The second-order valence-corrected chi connectivity index (χ2v) is 6.58. The van der Waals surface area contributed by atoms with Gasteiger partial charge in [-0.3, -0.25) is 0 Å². The van der Waals surface area contributed by atoms with Crippen LogP contribution in [0.1, 0.15) is 46.0 Å². The Balaban J connectivity index is 2.04. The zero-order valence-electron chi connectivity index (χ0n) is 11.5. The first-order valence-electron chi connectivity index (χ1n) is 6.88. The number of methoxy groups -OCH3 is 1. The fourth-order valence-corrected chi connectivity index (χ4v) is 3.29. The lowest BCUT2D eigenvalue weighted by Crippen LogP contribution is -2.56. The first-order valence-corrected chi connectivity index (χ1v) is 6.88. The van der Waals surface area contributed by atoms with Gasteiger partial charge < -0.3 is 15.2 Å². The lowest BCUT2D eigenvalue weighted by atomic mass is 9.66. The lowest BCUT2D eigenvalue weighted by Gasteiger charge is -2.47. The van der Waals surface area contributed by atoms with Crippen molar-refractivity contribution in [3.63, 3.8) is 0 Å². The molecule has 1 saturated heterocycles. The highest BCUT2D eigenvalue weighted by Crippen LogP contribution is 2.44. The smallest absolute Gasteiger partial charge is 0.0832 e. The Morgan fingerprint density at radius 2 is 1.88 bits per heavy atom. The van der Waals surface area contributed by atoms with Crippen LogP contribution in [-0.4, -0.2) is 32.0 Å². The minimum absolute atomic E-state index is 0.103. The number of nitrogens with two attached hydrogens (primary N) is 1. The largest absolute Gasteiger partial charge is 0.381 e. The number of rotatable bonds is 3. The maximum atomic E-state index is 6.48. The van der Waals surface area contributed by atoms with E-state index in [0.717, 1.165) is 32.5 Å². The van der Waals surface area contributed by atoms with Crippen molar-refractivity contribution in [3.8, 4) is 0 Å². The number of hydrogen-bond acceptors (Lipinski definition) is 3. The van der Waals surface area contributed by atoms with Crippen LogP contribution in [0.3, 0.4) is 0 Å². The van der Waals surface area contributed by atoms with E-state index in [0.29, 0.717) is 11.3 Å². The molecule has 0 aromatic carbocycles. The van der Waals surface area contributed by atoms with Crippen LogP contribution in [0.4, 0.5) is 0 Å². The summed E-state index contributed by atoms with van der Waals surface area (Å²) < 4.78 is 11.3. The van der Waals surface area contributed by atoms with E-state index in [9.17, 15) is 0 Å². The van der Waals surface area contributed by atoms with Crippen molar-refractivity contribution in [2.45, 2.75) is 57.6 Å². The van der Waals surface area contributed by atoms with Crippen molar-refractivity contribution in [1.82, 2.24) is 0 Å². The average Bonchev–Trinajstić information content (AvgIpc) is 2.82. The molecule has 1 heterocycles. The monoisotopic (exact) mass is 241 g/mol. The fraction of sp³-hybridized carbons (Fsp3) is 1.00. The van der Waals surface area contributed by atoms with Crippen molar-refractivity contribution in [3.05, 3.63) is 0 Å². The van der Waals surface area contributed by atoms with Gasteiger partial charge in [0, 0.05) is 25.7 Å². The van der Waals surface area contributed by atoms with Gasteiger partial charge in [-0.25, -0.2) is 0 Å². The van der Waals surface area contributed by atoms with Gasteiger partial charge in [0.05, 0.1) is 12.2 Å². The molecule has 1 aliphatic heterocycles. The van der Waals surface area contributed by atoms with E-state index in [2.05, 4.69) is 13.8 Å². The van der Waals surface area contributed by atoms with Crippen molar-refractivity contribution in [2.24, 2.45) is 17.1 Å². The SMILES string of the molecule is COC1(C(N)C2CCOC2)CCC(C)(C)CC1. The van der Waals surface area contributed by atoms with Gasteiger partial charge in [-0.2, -0.15) is 0 Å². The molecule has 2 N–H and O–H groups in total. The van der Waals surface area contributed by atoms with Crippen LogP contribution in [0.2, 0.25) is 0 Å². The summed E-state index contributed by atoms with van der Waals surface area (Å²) in [6.45, 7) is 6.37. The molecule has 0 amide bonds. The van der Waals surface area contributed by atoms with E-state index in [1.807, 2.05) is 7.11 Å². The normalized spacial score (nSPS) is 33.5. The molecule has 3 nitrogen and oxygen atoms in total. The molecular weight excluding hydrogens is 214 g/mol. The molecule has 2 aliphatic rings. The molecule has 1 aliphatic carbocycles. The second kappa shape index (κ2) is 4.87. The van der Waals surface area contributed by atoms with Crippen molar-refractivity contribution < 1.29 is 9.47 Å². The van der Waals surface area contributed by atoms with E-state index < -0.39 is 0 Å². The van der Waals surface area contributed by atoms with Crippen molar-refractivity contribution in [2.75, 3.05) is 20.3 Å². The van der Waals surface area contributed by atoms with E-state index in [1.165, 1.54) is 12.8 Å². The topological polar surface area (TPSA) is 44.5 Å². The van der Waals surface area contributed by atoms with Crippen molar-refractivity contribution >= 4 is 0 Å². The summed E-state index contributed by atoms with van der Waals surface area (Å²) in [4.78, 5) is 0. The summed E-state index contributed by atoms with van der Waals surface area (Å²) >= 11 is 0. The summed E-state index contributed by atoms with van der Waals surface area (Å²) in [6.07, 6.45) is 5.70. The molecule has 2 atom stereocenters. The molecule has 0 spiro atoms. The van der Waals surface area contributed by atoms with Crippen LogP contribution in [0.5, 0.6) is 0 Å². The Labute approximate surface area is 105 Å². The average molecular weight is 241 g/mol. The van der Waals surface area contributed by atoms with Gasteiger partial charge in [-0.1, -0.05) is 13.8 Å². The fourth-order valence-electron chi connectivity index (χ4n) is 3.29. The molecule has 0 aromatic rings. The minimum atomic E-state index is -0.103. The molecule has 2 rings (SSSR count). The summed E-state index contributed by atoms with van der Waals surface area (Å²) in [5.74, 6) is 0.483. The molecule has 0 aromatic heterocycles. The van der Waals surface area contributed by atoms with Gasteiger partial charge in [0.1, 0.15) is 0 Å². The molecule has 0 bridgehead atoms. The van der Waals surface area contributed by atoms with Gasteiger partial charge in [0.25, 0.3) is 0 Å². The highest BCUT2D eigenvalue weighted by molar-refractivity contribution is 5.00. The highest BCUT2D eigenvalue weighted by atomic mass is 16.5.